The average Bonchev–Trinajstić information content (AvgIpc) is 3.55. The molecular weight excluding hydrogens is 418 g/mol. The van der Waals surface area contributed by atoms with Crippen molar-refractivity contribution in [2.75, 3.05) is 0 Å². The van der Waals surface area contributed by atoms with Gasteiger partial charge in [0.2, 0.25) is 0 Å². The first kappa shape index (κ1) is 22.5. The number of aromatic nitrogens is 2. The molecule has 0 bridgehead atoms. The van der Waals surface area contributed by atoms with Crippen molar-refractivity contribution in [3.8, 4) is 11.1 Å². The number of nitrogens with zero attached hydrogens (tertiary/aromatic N) is 2. The Morgan fingerprint density at radius 3 is 2.44 bits per heavy atom. The Morgan fingerprint density at radius 2 is 1.74 bits per heavy atom. The SMILES string of the molecule is Cc1cc(CNCc2ccc(C(=O)C(C)C)cc2)ccc1-c1ccc2nn(CC3CC3)cc2c1. The highest BCUT2D eigenvalue weighted by molar-refractivity contribution is 5.97. The lowest BCUT2D eigenvalue weighted by atomic mass is 9.97. The number of carbonyl (C=O) groups is 1. The van der Waals surface area contributed by atoms with Crippen molar-refractivity contribution in [3.63, 3.8) is 0 Å². The number of hydrogen-bond donors (Lipinski definition) is 1. The van der Waals surface area contributed by atoms with E-state index >= 15 is 0 Å². The first-order chi connectivity index (χ1) is 16.5. The predicted molar refractivity (Wildman–Crippen MR) is 139 cm³/mol. The van der Waals surface area contributed by atoms with Gasteiger partial charge in [0, 0.05) is 42.7 Å². The van der Waals surface area contributed by atoms with Crippen molar-refractivity contribution < 1.29 is 4.79 Å². The van der Waals surface area contributed by atoms with E-state index in [1.165, 1.54) is 46.0 Å². The Balaban J connectivity index is 1.22. The minimum atomic E-state index is 0.0298. The van der Waals surface area contributed by atoms with E-state index in [1.54, 1.807) is 0 Å². The number of carbonyl (C=O) groups excluding carboxylic acids is 1. The van der Waals surface area contributed by atoms with Crippen LogP contribution >= 0.6 is 0 Å². The smallest absolute Gasteiger partial charge is 0.165 e. The molecule has 4 aromatic rings. The molecule has 1 N–H and O–H groups in total. The summed E-state index contributed by atoms with van der Waals surface area (Å²) in [6, 6.07) is 21.3. The summed E-state index contributed by atoms with van der Waals surface area (Å²) in [6.45, 7) is 8.69. The summed E-state index contributed by atoms with van der Waals surface area (Å²) >= 11 is 0. The molecule has 4 heteroatoms. The molecule has 1 aromatic heterocycles. The van der Waals surface area contributed by atoms with Crippen LogP contribution in [0, 0.1) is 18.8 Å². The number of hydrogen-bond acceptors (Lipinski definition) is 3. The van der Waals surface area contributed by atoms with Crippen LogP contribution in [-0.2, 0) is 19.6 Å². The van der Waals surface area contributed by atoms with Crippen molar-refractivity contribution in [1.82, 2.24) is 15.1 Å². The van der Waals surface area contributed by atoms with E-state index in [2.05, 4.69) is 59.5 Å². The minimum absolute atomic E-state index is 0.0298. The number of Topliss-reactive ketones (excluding diaryl/α,β-unsaturated/α-hetero) is 1. The van der Waals surface area contributed by atoms with Gasteiger partial charge in [0.15, 0.2) is 5.78 Å². The Hall–Kier alpha value is -3.24. The Labute approximate surface area is 202 Å². The third-order valence-electron chi connectivity index (χ3n) is 6.72. The molecule has 1 fully saturated rings. The average molecular weight is 452 g/mol. The first-order valence-corrected chi connectivity index (χ1v) is 12.4. The summed E-state index contributed by atoms with van der Waals surface area (Å²) in [6.07, 6.45) is 4.87. The fourth-order valence-corrected chi connectivity index (χ4v) is 4.53. The predicted octanol–water partition coefficient (Wildman–Crippen LogP) is 6.55. The van der Waals surface area contributed by atoms with Gasteiger partial charge in [-0.2, -0.15) is 5.10 Å². The fraction of sp³-hybridized carbons (Fsp3) is 0.333. The van der Waals surface area contributed by atoms with Crippen LogP contribution in [0.15, 0.2) is 66.9 Å². The van der Waals surface area contributed by atoms with Gasteiger partial charge in [-0.25, -0.2) is 0 Å². The van der Waals surface area contributed by atoms with Crippen molar-refractivity contribution in [3.05, 3.63) is 89.1 Å². The quantitative estimate of drug-likeness (QED) is 0.294. The van der Waals surface area contributed by atoms with Gasteiger partial charge in [-0.05, 0) is 65.6 Å². The second-order valence-corrected chi connectivity index (χ2v) is 10.0. The third-order valence-corrected chi connectivity index (χ3v) is 6.72. The van der Waals surface area contributed by atoms with Crippen LogP contribution in [0.3, 0.4) is 0 Å². The molecule has 0 spiro atoms. The zero-order chi connectivity index (χ0) is 23.7. The lowest BCUT2D eigenvalue weighted by Crippen LogP contribution is -2.13. The standard InChI is InChI=1S/C30H33N3O/c1-20(2)30(34)25-9-6-22(7-10-25)16-31-17-24-8-12-28(21(3)14-24)26-11-13-29-27(15-26)19-33(32-29)18-23-4-5-23/h6-15,19-20,23,31H,4-5,16-18H2,1-3H3. The summed E-state index contributed by atoms with van der Waals surface area (Å²) < 4.78 is 2.11. The number of aryl methyl sites for hydroxylation is 1. The summed E-state index contributed by atoms with van der Waals surface area (Å²) in [7, 11) is 0. The molecule has 0 atom stereocenters. The maximum absolute atomic E-state index is 12.1. The molecule has 0 amide bonds. The Morgan fingerprint density at radius 1 is 1.00 bits per heavy atom. The van der Waals surface area contributed by atoms with Gasteiger partial charge < -0.3 is 5.32 Å². The van der Waals surface area contributed by atoms with Crippen LogP contribution in [-0.4, -0.2) is 15.6 Å². The maximum atomic E-state index is 12.1. The van der Waals surface area contributed by atoms with Crippen molar-refractivity contribution in [2.24, 2.45) is 11.8 Å². The van der Waals surface area contributed by atoms with Crippen LogP contribution in [0.5, 0.6) is 0 Å². The highest BCUT2D eigenvalue weighted by Crippen LogP contribution is 2.32. The highest BCUT2D eigenvalue weighted by atomic mass is 16.1. The molecule has 34 heavy (non-hydrogen) atoms. The lowest BCUT2D eigenvalue weighted by Gasteiger charge is -2.11. The Bertz CT molecular complexity index is 1310. The lowest BCUT2D eigenvalue weighted by molar-refractivity contribution is 0.0939. The summed E-state index contributed by atoms with van der Waals surface area (Å²) in [4.78, 5) is 12.1. The zero-order valence-corrected chi connectivity index (χ0v) is 20.3. The molecular formula is C30H33N3O. The van der Waals surface area contributed by atoms with Gasteiger partial charge in [0.25, 0.3) is 0 Å². The van der Waals surface area contributed by atoms with E-state index in [-0.39, 0.29) is 11.7 Å². The van der Waals surface area contributed by atoms with Gasteiger partial charge in [0.1, 0.15) is 0 Å². The third kappa shape index (κ3) is 5.13. The molecule has 1 aliphatic carbocycles. The monoisotopic (exact) mass is 451 g/mol. The zero-order valence-electron chi connectivity index (χ0n) is 20.3. The van der Waals surface area contributed by atoms with Crippen LogP contribution in [0.4, 0.5) is 0 Å². The Kier molecular flexibility index (Phi) is 6.34. The van der Waals surface area contributed by atoms with Crippen molar-refractivity contribution in [1.29, 1.82) is 0 Å². The highest BCUT2D eigenvalue weighted by Gasteiger charge is 2.22. The molecule has 1 aliphatic rings. The fourth-order valence-electron chi connectivity index (χ4n) is 4.53. The number of nitrogens with one attached hydrogen (secondary N) is 1. The number of rotatable bonds is 9. The summed E-state index contributed by atoms with van der Waals surface area (Å²) in [5.41, 5.74) is 8.11. The van der Waals surface area contributed by atoms with E-state index in [1.807, 2.05) is 38.1 Å². The van der Waals surface area contributed by atoms with Gasteiger partial charge in [0.05, 0.1) is 5.52 Å². The summed E-state index contributed by atoms with van der Waals surface area (Å²) in [5.74, 6) is 1.05. The summed E-state index contributed by atoms with van der Waals surface area (Å²) in [5, 5.41) is 9.48. The molecule has 0 saturated heterocycles. The van der Waals surface area contributed by atoms with E-state index in [0.717, 1.165) is 36.6 Å². The minimum Gasteiger partial charge on any atom is -0.309 e. The largest absolute Gasteiger partial charge is 0.309 e. The molecule has 1 heterocycles. The number of ketones is 1. The molecule has 3 aromatic carbocycles. The van der Waals surface area contributed by atoms with Crippen LogP contribution in [0.25, 0.3) is 22.0 Å². The molecule has 1 saturated carbocycles. The topological polar surface area (TPSA) is 46.9 Å². The van der Waals surface area contributed by atoms with Crippen LogP contribution in [0.2, 0.25) is 0 Å². The number of benzene rings is 3. The van der Waals surface area contributed by atoms with Gasteiger partial charge in [-0.1, -0.05) is 62.4 Å². The molecule has 0 radical (unpaired) electrons. The van der Waals surface area contributed by atoms with E-state index in [9.17, 15) is 4.79 Å². The maximum Gasteiger partial charge on any atom is 0.165 e. The number of fused-ring (bicyclic) bond motifs is 1. The normalized spacial score (nSPS) is 13.6. The van der Waals surface area contributed by atoms with Gasteiger partial charge in [-0.3, -0.25) is 9.48 Å². The molecule has 0 aliphatic heterocycles. The second kappa shape index (κ2) is 9.55. The molecule has 174 valence electrons. The van der Waals surface area contributed by atoms with E-state index in [0.29, 0.717) is 0 Å². The van der Waals surface area contributed by atoms with Crippen molar-refractivity contribution >= 4 is 16.7 Å². The molecule has 5 rings (SSSR count). The molecule has 4 nitrogen and oxygen atoms in total. The van der Waals surface area contributed by atoms with Gasteiger partial charge in [-0.15, -0.1) is 0 Å². The second-order valence-electron chi connectivity index (χ2n) is 10.0. The van der Waals surface area contributed by atoms with E-state index in [4.69, 9.17) is 5.10 Å². The van der Waals surface area contributed by atoms with E-state index < -0.39 is 0 Å². The van der Waals surface area contributed by atoms with Crippen LogP contribution in [0.1, 0.15) is 53.7 Å². The molecule has 0 unspecified atom stereocenters. The van der Waals surface area contributed by atoms with Gasteiger partial charge >= 0.3 is 0 Å². The van der Waals surface area contributed by atoms with Crippen LogP contribution < -0.4 is 5.32 Å². The first-order valence-electron chi connectivity index (χ1n) is 12.4. The van der Waals surface area contributed by atoms with Crippen molar-refractivity contribution in [2.45, 2.75) is 53.2 Å².